The van der Waals surface area contributed by atoms with Crippen molar-refractivity contribution in [1.82, 2.24) is 10.1 Å². The van der Waals surface area contributed by atoms with Gasteiger partial charge in [-0.2, -0.15) is 4.98 Å². The lowest BCUT2D eigenvalue weighted by Crippen LogP contribution is -2.25. The zero-order valence-corrected chi connectivity index (χ0v) is 13.6. The number of methoxy groups -OCH3 is 1. The molecule has 0 amide bonds. The minimum Gasteiger partial charge on any atom is -0.390 e. The summed E-state index contributed by atoms with van der Waals surface area (Å²) < 4.78 is 10.2. The van der Waals surface area contributed by atoms with Crippen molar-refractivity contribution in [3.8, 4) is 0 Å². The van der Waals surface area contributed by atoms with Gasteiger partial charge in [0.05, 0.1) is 19.1 Å². The number of aromatic nitrogens is 2. The fourth-order valence-electron chi connectivity index (χ4n) is 3.19. The monoisotopic (exact) mass is 296 g/mol. The maximum Gasteiger partial charge on any atom is 0.229 e. The van der Waals surface area contributed by atoms with Gasteiger partial charge in [0.2, 0.25) is 5.89 Å². The van der Waals surface area contributed by atoms with Gasteiger partial charge in [-0.05, 0) is 37.0 Å². The van der Waals surface area contributed by atoms with Crippen molar-refractivity contribution in [1.29, 1.82) is 0 Å². The Labute approximate surface area is 127 Å². The van der Waals surface area contributed by atoms with Gasteiger partial charge in [-0.3, -0.25) is 0 Å². The maximum atomic E-state index is 9.69. The van der Waals surface area contributed by atoms with Crippen LogP contribution in [0.1, 0.15) is 64.1 Å². The standard InChI is InChI=1S/C16H28N2O3/c1-16(2,3)12-7-5-11(6-8-12)15-17-14(21-18-15)9-13(19)10-20-4/h11-13,19H,5-10H2,1-4H3. The predicted molar refractivity (Wildman–Crippen MR) is 80.0 cm³/mol. The van der Waals surface area contributed by atoms with E-state index in [2.05, 4.69) is 30.9 Å². The van der Waals surface area contributed by atoms with Gasteiger partial charge in [-0.25, -0.2) is 0 Å². The molecule has 5 nitrogen and oxygen atoms in total. The quantitative estimate of drug-likeness (QED) is 0.904. The zero-order chi connectivity index (χ0) is 15.5. The van der Waals surface area contributed by atoms with Crippen molar-refractivity contribution in [2.24, 2.45) is 11.3 Å². The molecule has 1 unspecified atom stereocenters. The van der Waals surface area contributed by atoms with Crippen LogP contribution in [-0.4, -0.2) is 35.1 Å². The van der Waals surface area contributed by atoms with E-state index in [1.165, 1.54) is 12.8 Å². The summed E-state index contributed by atoms with van der Waals surface area (Å²) in [6.45, 7) is 7.25. The number of rotatable bonds is 5. The van der Waals surface area contributed by atoms with Crippen LogP contribution in [-0.2, 0) is 11.2 Å². The van der Waals surface area contributed by atoms with Crippen molar-refractivity contribution in [2.45, 2.75) is 64.9 Å². The molecular weight excluding hydrogens is 268 g/mol. The molecule has 0 aliphatic heterocycles. The molecule has 1 saturated carbocycles. The molecule has 0 radical (unpaired) electrons. The Hall–Kier alpha value is -0.940. The van der Waals surface area contributed by atoms with Gasteiger partial charge >= 0.3 is 0 Å². The van der Waals surface area contributed by atoms with Crippen LogP contribution in [0.5, 0.6) is 0 Å². The fraction of sp³-hybridized carbons (Fsp3) is 0.875. The minimum atomic E-state index is -0.583. The molecule has 5 heteroatoms. The Kier molecular flexibility index (Phi) is 5.38. The van der Waals surface area contributed by atoms with Gasteiger partial charge in [0, 0.05) is 13.0 Å². The van der Waals surface area contributed by atoms with Crippen molar-refractivity contribution in [3.63, 3.8) is 0 Å². The van der Waals surface area contributed by atoms with Gasteiger partial charge < -0.3 is 14.4 Å². The second kappa shape index (κ2) is 6.88. The lowest BCUT2D eigenvalue weighted by molar-refractivity contribution is 0.0599. The second-order valence-electron chi connectivity index (χ2n) is 7.27. The average Bonchev–Trinajstić information content (AvgIpc) is 2.86. The topological polar surface area (TPSA) is 68.4 Å². The first kappa shape index (κ1) is 16.4. The van der Waals surface area contributed by atoms with E-state index in [0.29, 0.717) is 23.6 Å². The van der Waals surface area contributed by atoms with E-state index in [1.54, 1.807) is 7.11 Å². The summed E-state index contributed by atoms with van der Waals surface area (Å²) in [6.07, 6.45) is 4.48. The van der Waals surface area contributed by atoms with Gasteiger partial charge in [0.25, 0.3) is 0 Å². The summed E-state index contributed by atoms with van der Waals surface area (Å²) in [5.74, 6) is 2.50. The third-order valence-corrected chi connectivity index (χ3v) is 4.57. The molecule has 1 N–H and O–H groups in total. The van der Waals surface area contributed by atoms with Crippen LogP contribution < -0.4 is 0 Å². The molecular formula is C16H28N2O3. The summed E-state index contributed by atoms with van der Waals surface area (Å²) in [5, 5.41) is 13.8. The smallest absolute Gasteiger partial charge is 0.229 e. The fourth-order valence-corrected chi connectivity index (χ4v) is 3.19. The maximum absolute atomic E-state index is 9.69. The van der Waals surface area contributed by atoms with Gasteiger partial charge in [-0.1, -0.05) is 25.9 Å². The summed E-state index contributed by atoms with van der Waals surface area (Å²) in [7, 11) is 1.57. The van der Waals surface area contributed by atoms with Crippen LogP contribution in [0.2, 0.25) is 0 Å². The van der Waals surface area contributed by atoms with Crippen molar-refractivity contribution >= 4 is 0 Å². The summed E-state index contributed by atoms with van der Waals surface area (Å²) in [4.78, 5) is 4.45. The van der Waals surface area contributed by atoms with Crippen LogP contribution in [0.15, 0.2) is 4.52 Å². The molecule has 21 heavy (non-hydrogen) atoms. The largest absolute Gasteiger partial charge is 0.390 e. The first-order valence-corrected chi connectivity index (χ1v) is 7.89. The third kappa shape index (κ3) is 4.51. The number of aliphatic hydroxyl groups is 1. The van der Waals surface area contributed by atoms with Gasteiger partial charge in [-0.15, -0.1) is 0 Å². The molecule has 120 valence electrons. The van der Waals surface area contributed by atoms with E-state index in [1.807, 2.05) is 0 Å². The average molecular weight is 296 g/mol. The van der Waals surface area contributed by atoms with Crippen LogP contribution in [0.25, 0.3) is 0 Å². The highest BCUT2D eigenvalue weighted by Gasteiger charge is 2.32. The highest BCUT2D eigenvalue weighted by molar-refractivity contribution is 4.99. The van der Waals surface area contributed by atoms with Gasteiger partial charge in [0.1, 0.15) is 0 Å². The molecule has 0 bridgehead atoms. The second-order valence-corrected chi connectivity index (χ2v) is 7.27. The summed E-state index contributed by atoms with van der Waals surface area (Å²) in [6, 6.07) is 0. The van der Waals surface area contributed by atoms with Crippen LogP contribution in [0, 0.1) is 11.3 Å². The van der Waals surface area contributed by atoms with E-state index in [4.69, 9.17) is 9.26 Å². The predicted octanol–water partition coefficient (Wildman–Crippen LogP) is 2.94. The number of ether oxygens (including phenoxy) is 1. The van der Waals surface area contributed by atoms with E-state index in [-0.39, 0.29) is 6.61 Å². The molecule has 2 rings (SSSR count). The van der Waals surface area contributed by atoms with E-state index in [0.717, 1.165) is 24.6 Å². The van der Waals surface area contributed by atoms with E-state index >= 15 is 0 Å². The number of aliphatic hydroxyl groups excluding tert-OH is 1. The Morgan fingerprint density at radius 1 is 1.29 bits per heavy atom. The van der Waals surface area contributed by atoms with Crippen LogP contribution in [0.4, 0.5) is 0 Å². The first-order chi connectivity index (χ1) is 9.90. The molecule has 1 aromatic rings. The molecule has 0 saturated heterocycles. The van der Waals surface area contributed by atoms with Crippen LogP contribution >= 0.6 is 0 Å². The zero-order valence-electron chi connectivity index (χ0n) is 13.6. The molecule has 0 spiro atoms. The number of hydrogen-bond acceptors (Lipinski definition) is 5. The molecule has 1 aliphatic carbocycles. The SMILES string of the molecule is COCC(O)Cc1nc(C2CCC(C(C)(C)C)CC2)no1. The summed E-state index contributed by atoms with van der Waals surface area (Å²) in [5.41, 5.74) is 0.387. The van der Waals surface area contributed by atoms with E-state index in [9.17, 15) is 5.11 Å². The highest BCUT2D eigenvalue weighted by atomic mass is 16.5. The Balaban J connectivity index is 1.88. The number of nitrogens with zero attached hydrogens (tertiary/aromatic N) is 2. The molecule has 1 heterocycles. The Morgan fingerprint density at radius 2 is 1.95 bits per heavy atom. The Morgan fingerprint density at radius 3 is 2.52 bits per heavy atom. The lowest BCUT2D eigenvalue weighted by Gasteiger charge is -2.36. The molecule has 1 aliphatic rings. The Bertz CT molecular complexity index is 431. The molecule has 0 aromatic carbocycles. The number of hydrogen-bond donors (Lipinski definition) is 1. The van der Waals surface area contributed by atoms with Crippen LogP contribution in [0.3, 0.4) is 0 Å². The minimum absolute atomic E-state index is 0.286. The lowest BCUT2D eigenvalue weighted by atomic mass is 9.70. The van der Waals surface area contributed by atoms with Gasteiger partial charge in [0.15, 0.2) is 5.82 Å². The van der Waals surface area contributed by atoms with Crippen molar-refractivity contribution in [2.75, 3.05) is 13.7 Å². The first-order valence-electron chi connectivity index (χ1n) is 7.89. The van der Waals surface area contributed by atoms with E-state index < -0.39 is 6.10 Å². The molecule has 1 atom stereocenters. The molecule has 1 aromatic heterocycles. The third-order valence-electron chi connectivity index (χ3n) is 4.57. The normalized spacial score (nSPS) is 25.0. The molecule has 1 fully saturated rings. The summed E-state index contributed by atoms with van der Waals surface area (Å²) >= 11 is 0. The highest BCUT2D eigenvalue weighted by Crippen LogP contribution is 2.42. The van der Waals surface area contributed by atoms with Crippen molar-refractivity contribution in [3.05, 3.63) is 11.7 Å². The van der Waals surface area contributed by atoms with Crippen molar-refractivity contribution < 1.29 is 14.4 Å².